The van der Waals surface area contributed by atoms with Gasteiger partial charge >= 0.3 is 0 Å². The van der Waals surface area contributed by atoms with Crippen LogP contribution in [0.3, 0.4) is 0 Å². The number of sulfonamides is 1. The van der Waals surface area contributed by atoms with Gasteiger partial charge in [-0.15, -0.1) is 12.4 Å². The van der Waals surface area contributed by atoms with Crippen molar-refractivity contribution in [3.63, 3.8) is 0 Å². The highest BCUT2D eigenvalue weighted by Gasteiger charge is 2.19. The van der Waals surface area contributed by atoms with Gasteiger partial charge in [-0.2, -0.15) is 0 Å². The van der Waals surface area contributed by atoms with E-state index in [1.165, 1.54) is 12.1 Å². The molecule has 1 aliphatic heterocycles. The van der Waals surface area contributed by atoms with Crippen LogP contribution in [0.25, 0.3) is 0 Å². The summed E-state index contributed by atoms with van der Waals surface area (Å²) in [6.45, 7) is 6.23. The van der Waals surface area contributed by atoms with E-state index in [1.54, 1.807) is 12.1 Å². The summed E-state index contributed by atoms with van der Waals surface area (Å²) in [5.41, 5.74) is 0.467. The lowest BCUT2D eigenvalue weighted by Gasteiger charge is -2.27. The molecule has 1 atom stereocenters. The molecule has 6 nitrogen and oxygen atoms in total. The minimum absolute atomic E-state index is 0. The number of nitrogens with one attached hydrogen (secondary N) is 3. The number of hydrogen-bond acceptors (Lipinski definition) is 4. The highest BCUT2D eigenvalue weighted by Crippen LogP contribution is 2.12. The summed E-state index contributed by atoms with van der Waals surface area (Å²) in [4.78, 5) is 12.2. The topological polar surface area (TPSA) is 87.3 Å². The summed E-state index contributed by atoms with van der Waals surface area (Å²) in [5, 5.41) is 6.00. The minimum Gasteiger partial charge on any atom is -0.352 e. The molecule has 1 aromatic carbocycles. The molecule has 0 saturated carbocycles. The van der Waals surface area contributed by atoms with E-state index in [2.05, 4.69) is 15.4 Å². The molecule has 1 unspecified atom stereocenters. The molecule has 0 spiro atoms. The van der Waals surface area contributed by atoms with Crippen LogP contribution < -0.4 is 15.4 Å². The van der Waals surface area contributed by atoms with Gasteiger partial charge in [0.05, 0.1) is 4.90 Å². The smallest absolute Gasteiger partial charge is 0.251 e. The predicted molar refractivity (Wildman–Crippen MR) is 92.5 cm³/mol. The van der Waals surface area contributed by atoms with Crippen molar-refractivity contribution in [1.82, 2.24) is 15.4 Å². The van der Waals surface area contributed by atoms with Crippen LogP contribution in [0.4, 0.5) is 0 Å². The Hall–Kier alpha value is -1.15. The summed E-state index contributed by atoms with van der Waals surface area (Å²) in [6, 6.07) is 5.89. The fourth-order valence-corrected chi connectivity index (χ4v) is 3.36. The van der Waals surface area contributed by atoms with E-state index in [4.69, 9.17) is 0 Å². The van der Waals surface area contributed by atoms with Gasteiger partial charge in [-0.1, -0.05) is 6.92 Å². The lowest BCUT2D eigenvalue weighted by Crippen LogP contribution is -2.48. The largest absolute Gasteiger partial charge is 0.352 e. The molecule has 1 aliphatic rings. The lowest BCUT2D eigenvalue weighted by atomic mass is 10.0. The Morgan fingerprint density at radius 3 is 2.39 bits per heavy atom. The molecule has 23 heavy (non-hydrogen) atoms. The van der Waals surface area contributed by atoms with Crippen LogP contribution in [0.15, 0.2) is 29.2 Å². The molecular formula is C15H24ClN3O3S. The van der Waals surface area contributed by atoms with Crippen LogP contribution in [0.1, 0.15) is 30.6 Å². The second-order valence-corrected chi connectivity index (χ2v) is 7.40. The van der Waals surface area contributed by atoms with E-state index in [0.29, 0.717) is 18.0 Å². The molecule has 0 radical (unpaired) electrons. The van der Waals surface area contributed by atoms with E-state index in [0.717, 1.165) is 19.5 Å². The first-order chi connectivity index (χ1) is 10.4. The van der Waals surface area contributed by atoms with Crippen LogP contribution in [-0.2, 0) is 10.0 Å². The molecule has 1 aromatic rings. The highest BCUT2D eigenvalue weighted by molar-refractivity contribution is 7.89. The fraction of sp³-hybridized carbons (Fsp3) is 0.533. The summed E-state index contributed by atoms with van der Waals surface area (Å²) in [6.07, 6.45) is 0.718. The van der Waals surface area contributed by atoms with Gasteiger partial charge < -0.3 is 10.6 Å². The van der Waals surface area contributed by atoms with Gasteiger partial charge in [0.15, 0.2) is 0 Å². The molecule has 3 N–H and O–H groups in total. The highest BCUT2D eigenvalue weighted by atomic mass is 35.5. The number of halogens is 1. The van der Waals surface area contributed by atoms with Crippen molar-refractivity contribution >= 4 is 28.3 Å². The SMILES string of the molecule is CCC(C)NS(=O)(=O)c1ccc(C(=O)NCC2CNC2)cc1.Cl. The Morgan fingerprint density at radius 2 is 1.91 bits per heavy atom. The second-order valence-electron chi connectivity index (χ2n) is 5.69. The van der Waals surface area contributed by atoms with Crippen molar-refractivity contribution in [3.8, 4) is 0 Å². The summed E-state index contributed by atoms with van der Waals surface area (Å²) in [5.74, 6) is 0.314. The number of benzene rings is 1. The number of carbonyl (C=O) groups excluding carboxylic acids is 1. The predicted octanol–water partition coefficient (Wildman–Crippen LogP) is 1.13. The van der Waals surface area contributed by atoms with E-state index in [-0.39, 0.29) is 29.3 Å². The maximum absolute atomic E-state index is 12.1. The van der Waals surface area contributed by atoms with Crippen molar-refractivity contribution in [2.75, 3.05) is 19.6 Å². The summed E-state index contributed by atoms with van der Waals surface area (Å²) < 4.78 is 26.8. The zero-order valence-electron chi connectivity index (χ0n) is 13.3. The van der Waals surface area contributed by atoms with Gasteiger partial charge in [0.25, 0.3) is 5.91 Å². The average Bonchev–Trinajstić information content (AvgIpc) is 2.45. The van der Waals surface area contributed by atoms with E-state index < -0.39 is 10.0 Å². The second kappa shape index (κ2) is 8.63. The van der Waals surface area contributed by atoms with Gasteiger partial charge in [-0.3, -0.25) is 4.79 Å². The number of amides is 1. The van der Waals surface area contributed by atoms with Crippen molar-refractivity contribution in [2.24, 2.45) is 5.92 Å². The maximum Gasteiger partial charge on any atom is 0.251 e. The van der Waals surface area contributed by atoms with Gasteiger partial charge in [0.2, 0.25) is 10.0 Å². The summed E-state index contributed by atoms with van der Waals surface area (Å²) in [7, 11) is -3.52. The first-order valence-corrected chi connectivity index (χ1v) is 9.02. The van der Waals surface area contributed by atoms with Crippen LogP contribution in [-0.4, -0.2) is 40.0 Å². The van der Waals surface area contributed by atoms with Crippen molar-refractivity contribution < 1.29 is 13.2 Å². The zero-order valence-corrected chi connectivity index (χ0v) is 15.0. The van der Waals surface area contributed by atoms with Gasteiger partial charge in [-0.25, -0.2) is 13.1 Å². The normalized spacial score (nSPS) is 16.1. The average molecular weight is 362 g/mol. The molecule has 0 aliphatic carbocycles. The van der Waals surface area contributed by atoms with Crippen molar-refractivity contribution in [1.29, 1.82) is 0 Å². The Bertz CT molecular complexity index is 615. The van der Waals surface area contributed by atoms with Gasteiger partial charge in [-0.05, 0) is 37.6 Å². The summed E-state index contributed by atoms with van der Waals surface area (Å²) >= 11 is 0. The molecule has 130 valence electrons. The van der Waals surface area contributed by atoms with Crippen LogP contribution in [0, 0.1) is 5.92 Å². The number of rotatable bonds is 7. The molecule has 8 heteroatoms. The molecular weight excluding hydrogens is 338 g/mol. The monoisotopic (exact) mass is 361 g/mol. The Kier molecular flexibility index (Phi) is 7.47. The Morgan fingerprint density at radius 1 is 1.30 bits per heavy atom. The third-order valence-corrected chi connectivity index (χ3v) is 5.42. The van der Waals surface area contributed by atoms with Gasteiger partial charge in [0.1, 0.15) is 0 Å². The Balaban J connectivity index is 0.00000264. The van der Waals surface area contributed by atoms with E-state index >= 15 is 0 Å². The minimum atomic E-state index is -3.52. The first kappa shape index (κ1) is 19.9. The zero-order chi connectivity index (χ0) is 16.2. The number of hydrogen-bond donors (Lipinski definition) is 3. The van der Waals surface area contributed by atoms with E-state index in [1.807, 2.05) is 13.8 Å². The first-order valence-electron chi connectivity index (χ1n) is 7.53. The molecule has 1 heterocycles. The fourth-order valence-electron chi connectivity index (χ4n) is 2.03. The van der Waals surface area contributed by atoms with E-state index in [9.17, 15) is 13.2 Å². The molecule has 2 rings (SSSR count). The molecule has 1 fully saturated rings. The number of carbonyl (C=O) groups is 1. The molecule has 0 aromatic heterocycles. The van der Waals surface area contributed by atoms with Crippen molar-refractivity contribution in [2.45, 2.75) is 31.2 Å². The van der Waals surface area contributed by atoms with Crippen LogP contribution in [0.5, 0.6) is 0 Å². The Labute approximate surface area is 143 Å². The molecule has 0 bridgehead atoms. The third kappa shape index (κ3) is 5.46. The molecule has 1 amide bonds. The lowest BCUT2D eigenvalue weighted by molar-refractivity contribution is 0.0942. The maximum atomic E-state index is 12.1. The van der Waals surface area contributed by atoms with Crippen molar-refractivity contribution in [3.05, 3.63) is 29.8 Å². The third-order valence-electron chi connectivity index (χ3n) is 3.81. The van der Waals surface area contributed by atoms with Crippen LogP contribution in [0.2, 0.25) is 0 Å². The standard InChI is InChI=1S/C15H23N3O3S.ClH/c1-3-11(2)18-22(20,21)14-6-4-13(5-7-14)15(19)17-10-12-8-16-9-12;/h4-7,11-12,16,18H,3,8-10H2,1-2H3,(H,17,19);1H. The quantitative estimate of drug-likeness (QED) is 0.679. The van der Waals surface area contributed by atoms with Gasteiger partial charge in [0, 0.05) is 37.2 Å². The van der Waals surface area contributed by atoms with Crippen LogP contribution >= 0.6 is 12.4 Å². The molecule has 1 saturated heterocycles.